The Morgan fingerprint density at radius 2 is 1.73 bits per heavy atom. The summed E-state index contributed by atoms with van der Waals surface area (Å²) in [6, 6.07) is 12.0. The molecule has 0 spiro atoms. The van der Waals surface area contributed by atoms with Gasteiger partial charge in [-0.2, -0.15) is 5.10 Å². The van der Waals surface area contributed by atoms with Crippen LogP contribution in [0.1, 0.15) is 28.4 Å². The number of carbonyl (C=O) groups is 2. The molecule has 2 rings (SSSR count). The second-order valence-electron chi connectivity index (χ2n) is 5.53. The van der Waals surface area contributed by atoms with Gasteiger partial charge in [-0.1, -0.05) is 17.7 Å². The maximum atomic E-state index is 12.1. The number of hydrazone groups is 1. The zero-order chi connectivity index (χ0) is 19.1. The molecule has 0 aliphatic rings. The molecule has 7 nitrogen and oxygen atoms in total. The van der Waals surface area contributed by atoms with Gasteiger partial charge in [0.15, 0.2) is 11.5 Å². The van der Waals surface area contributed by atoms with E-state index < -0.39 is 12.6 Å². The molecule has 0 saturated heterocycles. The van der Waals surface area contributed by atoms with Crippen molar-refractivity contribution < 1.29 is 24.2 Å². The van der Waals surface area contributed by atoms with Crippen LogP contribution in [0.2, 0.25) is 0 Å². The van der Waals surface area contributed by atoms with E-state index in [4.69, 9.17) is 9.47 Å². The van der Waals surface area contributed by atoms with E-state index in [-0.39, 0.29) is 11.7 Å². The monoisotopic (exact) mass is 355 g/mol. The van der Waals surface area contributed by atoms with Crippen molar-refractivity contribution in [3.8, 4) is 11.5 Å². The van der Waals surface area contributed by atoms with Gasteiger partial charge in [-0.3, -0.25) is 4.79 Å². The predicted molar refractivity (Wildman–Crippen MR) is 94.4 cm³/mol. The number of nitrogens with zero attached hydrogens (tertiary/aromatic N) is 1. The molecular formula is C19H19N2O5-. The number of methoxy groups -OCH3 is 1. The maximum Gasteiger partial charge on any atom is 0.271 e. The SMILES string of the molecule is COc1cc(/C(C)=N\NC(=O)c2ccc(C)cc2)ccc1OCC(=O)[O-]. The van der Waals surface area contributed by atoms with Crippen LogP contribution in [0.15, 0.2) is 47.6 Å². The number of ether oxygens (including phenoxy) is 2. The molecule has 1 amide bonds. The Bertz CT molecular complexity index is 828. The quantitative estimate of drug-likeness (QED) is 0.596. The van der Waals surface area contributed by atoms with Crippen molar-refractivity contribution in [1.29, 1.82) is 0 Å². The minimum absolute atomic E-state index is 0.275. The molecule has 0 unspecified atom stereocenters. The molecule has 2 aromatic carbocycles. The number of carboxylic acids is 1. The number of hydrogen-bond donors (Lipinski definition) is 1. The summed E-state index contributed by atoms with van der Waals surface area (Å²) in [5.41, 5.74) is 5.31. The molecule has 7 heteroatoms. The highest BCUT2D eigenvalue weighted by Gasteiger charge is 2.09. The Kier molecular flexibility index (Phi) is 6.32. The fraction of sp³-hybridized carbons (Fsp3) is 0.211. The first-order valence-corrected chi connectivity index (χ1v) is 7.83. The normalized spacial score (nSPS) is 11.0. The molecule has 136 valence electrons. The largest absolute Gasteiger partial charge is 0.546 e. The first kappa shape index (κ1) is 19.0. The first-order valence-electron chi connectivity index (χ1n) is 7.83. The molecule has 0 fully saturated rings. The number of amides is 1. The Labute approximate surface area is 151 Å². The molecule has 2 aromatic rings. The van der Waals surface area contributed by atoms with Crippen LogP contribution in [0.5, 0.6) is 11.5 Å². The number of aliphatic carboxylic acids is 1. The van der Waals surface area contributed by atoms with Gasteiger partial charge < -0.3 is 19.4 Å². The lowest BCUT2D eigenvalue weighted by Gasteiger charge is -2.12. The highest BCUT2D eigenvalue weighted by molar-refractivity contribution is 6.01. The van der Waals surface area contributed by atoms with E-state index in [9.17, 15) is 14.7 Å². The average Bonchev–Trinajstić information content (AvgIpc) is 2.64. The third-order valence-electron chi connectivity index (χ3n) is 3.57. The number of carbonyl (C=O) groups excluding carboxylic acids is 2. The van der Waals surface area contributed by atoms with Gasteiger partial charge in [0.1, 0.15) is 6.61 Å². The van der Waals surface area contributed by atoms with Crippen LogP contribution >= 0.6 is 0 Å². The van der Waals surface area contributed by atoms with Gasteiger partial charge >= 0.3 is 0 Å². The van der Waals surface area contributed by atoms with Crippen molar-refractivity contribution in [2.45, 2.75) is 13.8 Å². The minimum atomic E-state index is -1.33. The van der Waals surface area contributed by atoms with E-state index in [1.165, 1.54) is 7.11 Å². The van der Waals surface area contributed by atoms with Gasteiger partial charge in [-0.05, 0) is 44.2 Å². The van der Waals surface area contributed by atoms with Crippen molar-refractivity contribution in [3.05, 3.63) is 59.2 Å². The molecule has 26 heavy (non-hydrogen) atoms. The topological polar surface area (TPSA) is 100 Å². The molecule has 0 bridgehead atoms. The summed E-state index contributed by atoms with van der Waals surface area (Å²) < 4.78 is 10.3. The van der Waals surface area contributed by atoms with Crippen LogP contribution < -0.4 is 20.0 Å². The Morgan fingerprint density at radius 3 is 2.35 bits per heavy atom. The van der Waals surface area contributed by atoms with Crippen molar-refractivity contribution >= 4 is 17.6 Å². The fourth-order valence-corrected chi connectivity index (χ4v) is 2.12. The molecule has 1 N–H and O–H groups in total. The summed E-state index contributed by atoms with van der Waals surface area (Å²) >= 11 is 0. The summed E-state index contributed by atoms with van der Waals surface area (Å²) in [4.78, 5) is 22.6. The van der Waals surface area contributed by atoms with E-state index in [1.54, 1.807) is 37.3 Å². The standard InChI is InChI=1S/C19H20N2O5/c1-12-4-6-14(7-5-12)19(24)21-20-13(2)15-8-9-16(17(10-15)25-3)26-11-18(22)23/h4-10H,11H2,1-3H3,(H,21,24)(H,22,23)/p-1/b20-13-. The Morgan fingerprint density at radius 1 is 1.08 bits per heavy atom. The average molecular weight is 355 g/mol. The molecule has 0 aliphatic heterocycles. The number of benzene rings is 2. The zero-order valence-electron chi connectivity index (χ0n) is 14.7. The third-order valence-corrected chi connectivity index (χ3v) is 3.57. The fourth-order valence-electron chi connectivity index (χ4n) is 2.12. The summed E-state index contributed by atoms with van der Waals surface area (Å²) in [5, 5.41) is 14.6. The Hall–Kier alpha value is -3.35. The highest BCUT2D eigenvalue weighted by atomic mass is 16.5. The molecule has 0 atom stereocenters. The van der Waals surface area contributed by atoms with Crippen molar-refractivity contribution in [3.63, 3.8) is 0 Å². The lowest BCUT2D eigenvalue weighted by atomic mass is 10.1. The molecule has 0 radical (unpaired) electrons. The second kappa shape index (κ2) is 8.66. The van der Waals surface area contributed by atoms with Crippen LogP contribution in [0.3, 0.4) is 0 Å². The minimum Gasteiger partial charge on any atom is -0.546 e. The lowest BCUT2D eigenvalue weighted by molar-refractivity contribution is -0.307. The van der Waals surface area contributed by atoms with Gasteiger partial charge in [0.05, 0.1) is 18.8 Å². The van der Waals surface area contributed by atoms with Crippen LogP contribution in [0, 0.1) is 6.92 Å². The van der Waals surface area contributed by atoms with E-state index in [0.29, 0.717) is 22.6 Å². The summed E-state index contributed by atoms with van der Waals surface area (Å²) in [7, 11) is 1.44. The third kappa shape index (κ3) is 5.07. The van der Waals surface area contributed by atoms with E-state index >= 15 is 0 Å². The van der Waals surface area contributed by atoms with Gasteiger partial charge in [-0.25, -0.2) is 5.43 Å². The van der Waals surface area contributed by atoms with Crippen LogP contribution in [-0.4, -0.2) is 31.3 Å². The molecular weight excluding hydrogens is 336 g/mol. The molecule has 0 heterocycles. The van der Waals surface area contributed by atoms with E-state index in [1.807, 2.05) is 19.1 Å². The van der Waals surface area contributed by atoms with Crippen molar-refractivity contribution in [2.75, 3.05) is 13.7 Å². The van der Waals surface area contributed by atoms with E-state index in [0.717, 1.165) is 5.56 Å². The van der Waals surface area contributed by atoms with E-state index in [2.05, 4.69) is 10.5 Å². The smallest absolute Gasteiger partial charge is 0.271 e. The molecule has 0 aromatic heterocycles. The molecule has 0 aliphatic carbocycles. The maximum absolute atomic E-state index is 12.1. The van der Waals surface area contributed by atoms with Crippen LogP contribution in [-0.2, 0) is 4.79 Å². The van der Waals surface area contributed by atoms with Gasteiger partial charge in [0, 0.05) is 11.1 Å². The number of carboxylic acid groups (broad SMARTS) is 1. The first-order chi connectivity index (χ1) is 12.4. The lowest BCUT2D eigenvalue weighted by Crippen LogP contribution is -2.29. The van der Waals surface area contributed by atoms with Crippen molar-refractivity contribution in [1.82, 2.24) is 5.43 Å². The number of hydrogen-bond acceptors (Lipinski definition) is 6. The van der Waals surface area contributed by atoms with Gasteiger partial charge in [0.25, 0.3) is 5.91 Å². The predicted octanol–water partition coefficient (Wildman–Crippen LogP) is 1.29. The zero-order valence-corrected chi connectivity index (χ0v) is 14.7. The summed E-state index contributed by atoms with van der Waals surface area (Å²) in [6.45, 7) is 3.10. The van der Waals surface area contributed by atoms with Crippen LogP contribution in [0.25, 0.3) is 0 Å². The highest BCUT2D eigenvalue weighted by Crippen LogP contribution is 2.28. The number of rotatable bonds is 7. The van der Waals surface area contributed by atoms with Gasteiger partial charge in [-0.15, -0.1) is 0 Å². The summed E-state index contributed by atoms with van der Waals surface area (Å²) in [5.74, 6) is -1.02. The van der Waals surface area contributed by atoms with Crippen LogP contribution in [0.4, 0.5) is 0 Å². The number of nitrogens with one attached hydrogen (secondary N) is 1. The number of aryl methyl sites for hydroxylation is 1. The summed E-state index contributed by atoms with van der Waals surface area (Å²) in [6.07, 6.45) is 0. The second-order valence-corrected chi connectivity index (χ2v) is 5.53. The van der Waals surface area contributed by atoms with Gasteiger partial charge in [0.2, 0.25) is 0 Å². The Balaban J connectivity index is 2.11. The molecule has 0 saturated carbocycles. The van der Waals surface area contributed by atoms with Crippen molar-refractivity contribution in [2.24, 2.45) is 5.10 Å².